The molecule has 0 atom stereocenters. The van der Waals surface area contributed by atoms with Crippen LogP contribution in [-0.2, 0) is 9.53 Å². The maximum Gasteiger partial charge on any atom is 0.308 e. The molecule has 0 bridgehead atoms. The Balaban J connectivity index is 1.56. The van der Waals surface area contributed by atoms with Gasteiger partial charge in [-0.05, 0) is 31.1 Å². The number of nitrogens with zero attached hydrogens (tertiary/aromatic N) is 3. The Morgan fingerprint density at radius 3 is 2.74 bits per heavy atom. The highest BCUT2D eigenvalue weighted by molar-refractivity contribution is 5.73. The summed E-state index contributed by atoms with van der Waals surface area (Å²) in [6.07, 6.45) is 6.40. The summed E-state index contributed by atoms with van der Waals surface area (Å²) in [4.78, 5) is 21.5. The van der Waals surface area contributed by atoms with Crippen molar-refractivity contribution in [1.29, 1.82) is 0 Å². The average Bonchev–Trinajstić information content (AvgIpc) is 2.74. The summed E-state index contributed by atoms with van der Waals surface area (Å²) in [6, 6.07) is 0.229. The third kappa shape index (κ3) is 1.89. The summed E-state index contributed by atoms with van der Waals surface area (Å²) < 4.78 is 6.40. The maximum atomic E-state index is 11.3. The average molecular weight is 265 g/mol. The molecule has 0 N–H and O–H groups in total. The molecule has 7 nitrogen and oxygen atoms in total. The van der Waals surface area contributed by atoms with E-state index in [0.717, 1.165) is 25.7 Å². The third-order valence-electron chi connectivity index (χ3n) is 4.40. The first-order valence-electron chi connectivity index (χ1n) is 6.29. The minimum absolute atomic E-state index is 0.0296. The minimum atomic E-state index is -0.436. The molecule has 0 radical (unpaired) electrons. The summed E-state index contributed by atoms with van der Waals surface area (Å²) in [5.74, 6) is -0.0818. The summed E-state index contributed by atoms with van der Waals surface area (Å²) in [5.41, 5.74) is 0.270. The van der Waals surface area contributed by atoms with E-state index in [0.29, 0.717) is 0 Å². The molecule has 7 heteroatoms. The first-order chi connectivity index (χ1) is 9.03. The molecule has 1 aromatic rings. The largest absolute Gasteiger partial charge is 0.469 e. The molecular formula is C12H15N3O4. The van der Waals surface area contributed by atoms with Gasteiger partial charge in [-0.25, -0.2) is 0 Å². The predicted molar refractivity (Wildman–Crippen MR) is 64.3 cm³/mol. The van der Waals surface area contributed by atoms with Crippen molar-refractivity contribution in [3.8, 4) is 0 Å². The van der Waals surface area contributed by atoms with Gasteiger partial charge >= 0.3 is 11.7 Å². The fraction of sp³-hybridized carbons (Fsp3) is 0.667. The Morgan fingerprint density at radius 1 is 1.53 bits per heavy atom. The Hall–Kier alpha value is -1.92. The van der Waals surface area contributed by atoms with Crippen LogP contribution in [0.25, 0.3) is 0 Å². The Morgan fingerprint density at radius 2 is 2.21 bits per heavy atom. The smallest absolute Gasteiger partial charge is 0.308 e. The molecule has 1 spiro atoms. The highest BCUT2D eigenvalue weighted by Gasteiger charge is 2.55. The lowest BCUT2D eigenvalue weighted by Crippen LogP contribution is -2.50. The molecule has 0 aliphatic heterocycles. The number of ether oxygens (including phenoxy) is 1. The third-order valence-corrected chi connectivity index (χ3v) is 4.40. The number of hydrogen-bond acceptors (Lipinski definition) is 5. The van der Waals surface area contributed by atoms with Gasteiger partial charge in [0.15, 0.2) is 0 Å². The number of carbonyl (C=O) groups is 1. The van der Waals surface area contributed by atoms with Crippen LogP contribution in [0.2, 0.25) is 0 Å². The van der Waals surface area contributed by atoms with Crippen LogP contribution in [0.4, 0.5) is 5.69 Å². The first kappa shape index (κ1) is 12.1. The quantitative estimate of drug-likeness (QED) is 0.471. The van der Waals surface area contributed by atoms with Crippen molar-refractivity contribution in [2.24, 2.45) is 11.3 Å². The number of nitro groups is 1. The van der Waals surface area contributed by atoms with Gasteiger partial charge in [-0.3, -0.25) is 19.6 Å². The number of rotatable bonds is 3. The standard InChI is InChI=1S/C12H15N3O4/c1-19-11(16)8-2-12(3-8)4-9(5-12)14-7-10(6-13-14)15(17)18/h6-9H,2-5H2,1H3. The van der Waals surface area contributed by atoms with Gasteiger partial charge < -0.3 is 4.74 Å². The first-order valence-corrected chi connectivity index (χ1v) is 6.29. The van der Waals surface area contributed by atoms with E-state index in [-0.39, 0.29) is 29.0 Å². The SMILES string of the molecule is COC(=O)C1CC2(C1)CC(n1cc([N+](=O)[O-])cn1)C2. The summed E-state index contributed by atoms with van der Waals surface area (Å²) in [5, 5.41) is 14.6. The summed E-state index contributed by atoms with van der Waals surface area (Å²) in [7, 11) is 1.42. The van der Waals surface area contributed by atoms with Gasteiger partial charge in [-0.1, -0.05) is 0 Å². The fourth-order valence-electron chi connectivity index (χ4n) is 3.40. The van der Waals surface area contributed by atoms with E-state index in [1.165, 1.54) is 19.5 Å². The van der Waals surface area contributed by atoms with Crippen LogP contribution in [0, 0.1) is 21.4 Å². The fourth-order valence-corrected chi connectivity index (χ4v) is 3.40. The highest BCUT2D eigenvalue weighted by atomic mass is 16.6. The van der Waals surface area contributed by atoms with Crippen LogP contribution in [-0.4, -0.2) is 27.8 Å². The van der Waals surface area contributed by atoms with E-state index in [4.69, 9.17) is 4.74 Å². The van der Waals surface area contributed by atoms with E-state index in [1.54, 1.807) is 4.68 Å². The molecule has 102 valence electrons. The zero-order valence-corrected chi connectivity index (χ0v) is 10.6. The van der Waals surface area contributed by atoms with Crippen LogP contribution in [0.1, 0.15) is 31.7 Å². The molecule has 2 aliphatic rings. The monoisotopic (exact) mass is 265 g/mol. The molecular weight excluding hydrogens is 250 g/mol. The molecule has 2 aliphatic carbocycles. The van der Waals surface area contributed by atoms with Crippen molar-refractivity contribution in [3.05, 3.63) is 22.5 Å². The van der Waals surface area contributed by atoms with E-state index < -0.39 is 4.92 Å². The number of aromatic nitrogens is 2. The Bertz CT molecular complexity index is 525. The summed E-state index contributed by atoms with van der Waals surface area (Å²) >= 11 is 0. The maximum absolute atomic E-state index is 11.3. The molecule has 19 heavy (non-hydrogen) atoms. The van der Waals surface area contributed by atoms with Crippen LogP contribution in [0.3, 0.4) is 0 Å². The lowest BCUT2D eigenvalue weighted by Gasteiger charge is -2.56. The molecule has 0 aromatic carbocycles. The Labute approximate surface area is 109 Å². The highest BCUT2D eigenvalue weighted by Crippen LogP contribution is 2.62. The van der Waals surface area contributed by atoms with E-state index in [9.17, 15) is 14.9 Å². The second-order valence-corrected chi connectivity index (χ2v) is 5.63. The number of methoxy groups -OCH3 is 1. The second-order valence-electron chi connectivity index (χ2n) is 5.63. The molecule has 1 aromatic heterocycles. The Kier molecular flexibility index (Phi) is 2.58. The van der Waals surface area contributed by atoms with Crippen LogP contribution >= 0.6 is 0 Å². The van der Waals surface area contributed by atoms with Crippen molar-refractivity contribution in [2.45, 2.75) is 31.7 Å². The van der Waals surface area contributed by atoms with Crippen molar-refractivity contribution in [2.75, 3.05) is 7.11 Å². The zero-order valence-electron chi connectivity index (χ0n) is 10.6. The van der Waals surface area contributed by atoms with Gasteiger partial charge in [0.1, 0.15) is 12.4 Å². The number of carbonyl (C=O) groups excluding carboxylic acids is 1. The predicted octanol–water partition coefficient (Wildman–Crippen LogP) is 1.70. The van der Waals surface area contributed by atoms with Gasteiger partial charge in [0.25, 0.3) is 0 Å². The molecule has 2 fully saturated rings. The van der Waals surface area contributed by atoms with E-state index in [1.807, 2.05) is 0 Å². The van der Waals surface area contributed by atoms with E-state index in [2.05, 4.69) is 5.10 Å². The molecule has 1 heterocycles. The van der Waals surface area contributed by atoms with Crippen LogP contribution in [0.5, 0.6) is 0 Å². The number of esters is 1. The van der Waals surface area contributed by atoms with Crippen LogP contribution in [0.15, 0.2) is 12.4 Å². The normalized spacial score (nSPS) is 32.5. The molecule has 0 amide bonds. The lowest BCUT2D eigenvalue weighted by molar-refractivity contribution is -0.385. The molecule has 0 unspecified atom stereocenters. The summed E-state index contributed by atoms with van der Waals surface area (Å²) in [6.45, 7) is 0. The van der Waals surface area contributed by atoms with Gasteiger partial charge in [0, 0.05) is 0 Å². The topological polar surface area (TPSA) is 87.3 Å². The van der Waals surface area contributed by atoms with Gasteiger partial charge in [-0.15, -0.1) is 0 Å². The molecule has 0 saturated heterocycles. The van der Waals surface area contributed by atoms with Crippen LogP contribution < -0.4 is 0 Å². The number of hydrogen-bond donors (Lipinski definition) is 0. The lowest BCUT2D eigenvalue weighted by atomic mass is 9.50. The molecule has 3 rings (SSSR count). The van der Waals surface area contributed by atoms with Crippen molar-refractivity contribution < 1.29 is 14.5 Å². The second kappa shape index (κ2) is 4.04. The van der Waals surface area contributed by atoms with Gasteiger partial charge in [0.2, 0.25) is 0 Å². The van der Waals surface area contributed by atoms with Crippen molar-refractivity contribution in [3.63, 3.8) is 0 Å². The minimum Gasteiger partial charge on any atom is -0.469 e. The van der Waals surface area contributed by atoms with Crippen molar-refractivity contribution in [1.82, 2.24) is 9.78 Å². The zero-order chi connectivity index (χ0) is 13.6. The molecule has 2 saturated carbocycles. The van der Waals surface area contributed by atoms with Gasteiger partial charge in [0.05, 0.1) is 24.0 Å². The van der Waals surface area contributed by atoms with E-state index >= 15 is 0 Å². The van der Waals surface area contributed by atoms with Crippen molar-refractivity contribution >= 4 is 11.7 Å². The van der Waals surface area contributed by atoms with Gasteiger partial charge in [-0.2, -0.15) is 5.10 Å².